The molecular formula is C12H16O3S. The van der Waals surface area contributed by atoms with Crippen molar-refractivity contribution < 1.29 is 14.6 Å². The van der Waals surface area contributed by atoms with Crippen molar-refractivity contribution in [3.63, 3.8) is 0 Å². The maximum atomic E-state index is 10.7. The van der Waals surface area contributed by atoms with Crippen LogP contribution < -0.4 is 0 Å². The summed E-state index contributed by atoms with van der Waals surface area (Å²) < 4.78 is 5.78. The summed E-state index contributed by atoms with van der Waals surface area (Å²) in [5.74, 6) is -0.853. The third-order valence-corrected chi connectivity index (χ3v) is 3.93. The van der Waals surface area contributed by atoms with Crippen LogP contribution >= 0.6 is 11.3 Å². The number of rotatable bonds is 4. The van der Waals surface area contributed by atoms with Crippen LogP contribution in [0.25, 0.3) is 0 Å². The summed E-state index contributed by atoms with van der Waals surface area (Å²) in [6.45, 7) is 0.558. The molecule has 0 atom stereocenters. The SMILES string of the molecule is O=C(O)c1ccc(COC2CCCCC2)s1. The summed E-state index contributed by atoms with van der Waals surface area (Å²) in [6, 6.07) is 3.49. The number of thiophene rings is 1. The van der Waals surface area contributed by atoms with Gasteiger partial charge in [-0.05, 0) is 25.0 Å². The minimum Gasteiger partial charge on any atom is -0.477 e. The molecule has 1 aromatic rings. The first-order chi connectivity index (χ1) is 7.75. The molecule has 1 aliphatic rings. The molecule has 0 saturated heterocycles. The van der Waals surface area contributed by atoms with Crippen molar-refractivity contribution in [2.45, 2.75) is 44.8 Å². The molecule has 1 aliphatic carbocycles. The third kappa shape index (κ3) is 3.06. The van der Waals surface area contributed by atoms with E-state index in [0.717, 1.165) is 17.7 Å². The predicted molar refractivity (Wildman–Crippen MR) is 62.9 cm³/mol. The Hall–Kier alpha value is -0.870. The standard InChI is InChI=1S/C12H16O3S/c13-12(14)11-7-6-10(16-11)8-15-9-4-2-1-3-5-9/h6-7,9H,1-5,8H2,(H,13,14). The summed E-state index contributed by atoms with van der Waals surface area (Å²) >= 11 is 1.31. The minimum absolute atomic E-state index is 0.379. The Morgan fingerprint density at radius 2 is 2.12 bits per heavy atom. The van der Waals surface area contributed by atoms with E-state index in [2.05, 4.69) is 0 Å². The molecule has 1 fully saturated rings. The number of carboxylic acids is 1. The van der Waals surface area contributed by atoms with Gasteiger partial charge in [0.1, 0.15) is 4.88 Å². The molecule has 0 bridgehead atoms. The fourth-order valence-corrected chi connectivity index (χ4v) is 2.77. The van der Waals surface area contributed by atoms with Gasteiger partial charge in [-0.15, -0.1) is 11.3 Å². The Balaban J connectivity index is 1.81. The van der Waals surface area contributed by atoms with Crippen molar-refractivity contribution in [1.82, 2.24) is 0 Å². The van der Waals surface area contributed by atoms with Crippen LogP contribution in [0, 0.1) is 0 Å². The molecule has 16 heavy (non-hydrogen) atoms. The van der Waals surface area contributed by atoms with E-state index in [1.165, 1.54) is 30.6 Å². The lowest BCUT2D eigenvalue weighted by Crippen LogP contribution is -2.15. The molecule has 1 heterocycles. The van der Waals surface area contributed by atoms with Crippen LogP contribution in [0.3, 0.4) is 0 Å². The highest BCUT2D eigenvalue weighted by atomic mass is 32.1. The first-order valence-electron chi connectivity index (χ1n) is 5.69. The Morgan fingerprint density at radius 3 is 2.75 bits per heavy atom. The Morgan fingerprint density at radius 1 is 1.38 bits per heavy atom. The van der Waals surface area contributed by atoms with Crippen LogP contribution in [0.2, 0.25) is 0 Å². The smallest absolute Gasteiger partial charge is 0.345 e. The lowest BCUT2D eigenvalue weighted by atomic mass is 9.98. The quantitative estimate of drug-likeness (QED) is 0.878. The highest BCUT2D eigenvalue weighted by molar-refractivity contribution is 7.13. The van der Waals surface area contributed by atoms with E-state index in [4.69, 9.17) is 9.84 Å². The van der Waals surface area contributed by atoms with E-state index >= 15 is 0 Å². The zero-order valence-corrected chi connectivity index (χ0v) is 9.96. The van der Waals surface area contributed by atoms with Crippen LogP contribution in [-0.2, 0) is 11.3 Å². The molecule has 3 nitrogen and oxygen atoms in total. The van der Waals surface area contributed by atoms with Crippen LogP contribution in [0.1, 0.15) is 46.7 Å². The molecule has 0 radical (unpaired) electrons. The van der Waals surface area contributed by atoms with Crippen molar-refractivity contribution in [3.05, 3.63) is 21.9 Å². The molecular weight excluding hydrogens is 224 g/mol. The van der Waals surface area contributed by atoms with Gasteiger partial charge in [0.25, 0.3) is 0 Å². The van der Waals surface area contributed by atoms with E-state index < -0.39 is 5.97 Å². The molecule has 0 amide bonds. The van der Waals surface area contributed by atoms with Crippen molar-refractivity contribution in [2.75, 3.05) is 0 Å². The maximum Gasteiger partial charge on any atom is 0.345 e. The van der Waals surface area contributed by atoms with E-state index in [1.54, 1.807) is 6.07 Å². The average Bonchev–Trinajstić information content (AvgIpc) is 2.76. The summed E-state index contributed by atoms with van der Waals surface area (Å²) in [7, 11) is 0. The van der Waals surface area contributed by atoms with E-state index in [9.17, 15) is 4.79 Å². The van der Waals surface area contributed by atoms with Gasteiger partial charge >= 0.3 is 5.97 Å². The van der Waals surface area contributed by atoms with Gasteiger partial charge in [0.05, 0.1) is 12.7 Å². The van der Waals surface area contributed by atoms with Gasteiger partial charge in [0.2, 0.25) is 0 Å². The van der Waals surface area contributed by atoms with Gasteiger partial charge in [-0.3, -0.25) is 0 Å². The molecule has 0 aromatic carbocycles. The topological polar surface area (TPSA) is 46.5 Å². The van der Waals surface area contributed by atoms with Gasteiger partial charge in [-0.2, -0.15) is 0 Å². The Kier molecular flexibility index (Phi) is 3.96. The lowest BCUT2D eigenvalue weighted by Gasteiger charge is -2.21. The molecule has 0 unspecified atom stereocenters. The fraction of sp³-hybridized carbons (Fsp3) is 0.583. The zero-order chi connectivity index (χ0) is 11.4. The maximum absolute atomic E-state index is 10.7. The average molecular weight is 240 g/mol. The summed E-state index contributed by atoms with van der Waals surface area (Å²) in [6.07, 6.45) is 6.52. The second kappa shape index (κ2) is 5.46. The minimum atomic E-state index is -0.853. The first-order valence-corrected chi connectivity index (χ1v) is 6.51. The largest absolute Gasteiger partial charge is 0.477 e. The third-order valence-electron chi connectivity index (χ3n) is 2.89. The zero-order valence-electron chi connectivity index (χ0n) is 9.15. The molecule has 88 valence electrons. The monoisotopic (exact) mass is 240 g/mol. The van der Waals surface area contributed by atoms with Crippen LogP contribution in [-0.4, -0.2) is 17.2 Å². The van der Waals surface area contributed by atoms with Gasteiger partial charge in [0, 0.05) is 4.88 Å². The van der Waals surface area contributed by atoms with Crippen molar-refractivity contribution >= 4 is 17.3 Å². The second-order valence-electron chi connectivity index (χ2n) is 4.14. The number of aromatic carboxylic acids is 1. The van der Waals surface area contributed by atoms with Gasteiger partial charge in [-0.1, -0.05) is 19.3 Å². The normalized spacial score (nSPS) is 17.5. The van der Waals surface area contributed by atoms with Crippen LogP contribution in [0.4, 0.5) is 0 Å². The molecule has 0 spiro atoms. The van der Waals surface area contributed by atoms with E-state index in [0.29, 0.717) is 17.6 Å². The summed E-state index contributed by atoms with van der Waals surface area (Å²) in [4.78, 5) is 12.1. The fourth-order valence-electron chi connectivity index (χ4n) is 2.00. The van der Waals surface area contributed by atoms with E-state index in [1.807, 2.05) is 6.07 Å². The molecule has 0 aliphatic heterocycles. The van der Waals surface area contributed by atoms with Crippen molar-refractivity contribution in [3.8, 4) is 0 Å². The Labute approximate surface area is 99.1 Å². The van der Waals surface area contributed by atoms with E-state index in [-0.39, 0.29) is 0 Å². The van der Waals surface area contributed by atoms with Crippen molar-refractivity contribution in [2.24, 2.45) is 0 Å². The number of ether oxygens (including phenoxy) is 1. The molecule has 4 heteroatoms. The molecule has 1 aromatic heterocycles. The number of hydrogen-bond acceptors (Lipinski definition) is 3. The summed E-state index contributed by atoms with van der Waals surface area (Å²) in [5, 5.41) is 8.78. The first kappa shape index (κ1) is 11.6. The molecule has 2 rings (SSSR count). The molecule has 1 N–H and O–H groups in total. The lowest BCUT2D eigenvalue weighted by molar-refractivity contribution is 0.0182. The number of carbonyl (C=O) groups is 1. The highest BCUT2D eigenvalue weighted by Crippen LogP contribution is 2.23. The Bertz CT molecular complexity index is 353. The summed E-state index contributed by atoms with van der Waals surface area (Å²) in [5.41, 5.74) is 0. The van der Waals surface area contributed by atoms with Crippen LogP contribution in [0.5, 0.6) is 0 Å². The van der Waals surface area contributed by atoms with Crippen LogP contribution in [0.15, 0.2) is 12.1 Å². The molecule has 1 saturated carbocycles. The highest BCUT2D eigenvalue weighted by Gasteiger charge is 2.14. The van der Waals surface area contributed by atoms with Gasteiger partial charge in [0.15, 0.2) is 0 Å². The van der Waals surface area contributed by atoms with Crippen molar-refractivity contribution in [1.29, 1.82) is 0 Å². The van der Waals surface area contributed by atoms with Gasteiger partial charge < -0.3 is 9.84 Å². The van der Waals surface area contributed by atoms with Gasteiger partial charge in [-0.25, -0.2) is 4.79 Å². The predicted octanol–water partition coefficient (Wildman–Crippen LogP) is 3.30. The number of carboxylic acid groups (broad SMARTS) is 1. The second-order valence-corrected chi connectivity index (χ2v) is 5.31. The number of hydrogen-bond donors (Lipinski definition) is 1.